The molecule has 1 spiro atoms. The van der Waals surface area contributed by atoms with Crippen LogP contribution in [0.15, 0.2) is 42.6 Å². The molecule has 2 aromatic carbocycles. The Morgan fingerprint density at radius 3 is 2.79 bits per heavy atom. The first-order valence-corrected chi connectivity index (χ1v) is 12.7. The molecule has 1 amide bonds. The fourth-order valence-corrected chi connectivity index (χ4v) is 5.88. The van der Waals surface area contributed by atoms with Crippen LogP contribution < -0.4 is 30.0 Å². The molecule has 12 heteroatoms. The SMILES string of the molecule is COc1ccc2c(c1)[C@]1(C[C@H]1c1ccc3c(Nc4nc(N5CCC(F)(F)C5)[nH+]cc4OC)n[nH]c3c1)C(=O)N2. The molecular formula is C27H26F2N7O3+. The molecule has 4 aromatic rings. The number of hydrogen-bond acceptors (Lipinski definition) is 7. The third kappa shape index (κ3) is 3.65. The average molecular weight is 535 g/mol. The molecule has 2 atom stereocenters. The second-order valence-corrected chi connectivity index (χ2v) is 10.3. The van der Waals surface area contributed by atoms with Gasteiger partial charge in [-0.3, -0.25) is 14.8 Å². The first kappa shape index (κ1) is 23.6. The number of aromatic amines is 2. The van der Waals surface area contributed by atoms with Gasteiger partial charge in [0, 0.05) is 23.4 Å². The van der Waals surface area contributed by atoms with Gasteiger partial charge in [-0.1, -0.05) is 6.07 Å². The molecule has 10 nitrogen and oxygen atoms in total. The summed E-state index contributed by atoms with van der Waals surface area (Å²) in [5.74, 6) is -0.372. The van der Waals surface area contributed by atoms with Crippen molar-refractivity contribution in [3.05, 3.63) is 53.7 Å². The Labute approximate surface area is 221 Å². The number of carbonyl (C=O) groups excluding carboxylic acids is 1. The van der Waals surface area contributed by atoms with Crippen LogP contribution in [-0.2, 0) is 10.2 Å². The Kier molecular flexibility index (Phi) is 5.00. The molecule has 0 unspecified atom stereocenters. The van der Waals surface area contributed by atoms with Crippen molar-refractivity contribution in [2.24, 2.45) is 0 Å². The minimum absolute atomic E-state index is 0.00781. The number of fused-ring (bicyclic) bond motifs is 3. The fraction of sp³-hybridized carbons (Fsp3) is 0.333. The molecule has 2 aromatic heterocycles. The highest BCUT2D eigenvalue weighted by Gasteiger charge is 2.65. The van der Waals surface area contributed by atoms with E-state index in [1.807, 2.05) is 36.4 Å². The highest BCUT2D eigenvalue weighted by atomic mass is 19.3. The maximum Gasteiger partial charge on any atom is 0.394 e. The molecule has 4 heterocycles. The zero-order valence-electron chi connectivity index (χ0n) is 21.3. The van der Waals surface area contributed by atoms with Crippen LogP contribution in [0.2, 0.25) is 0 Å². The number of nitrogens with zero attached hydrogens (tertiary/aromatic N) is 3. The minimum Gasteiger partial charge on any atom is -0.497 e. The lowest BCUT2D eigenvalue weighted by Crippen LogP contribution is -2.31. The van der Waals surface area contributed by atoms with Gasteiger partial charge in [-0.05, 0) is 52.9 Å². The Morgan fingerprint density at radius 2 is 2.03 bits per heavy atom. The molecule has 0 bridgehead atoms. The summed E-state index contributed by atoms with van der Waals surface area (Å²) in [4.78, 5) is 22.0. The topological polar surface area (TPSA) is 119 Å². The van der Waals surface area contributed by atoms with E-state index in [0.29, 0.717) is 29.8 Å². The molecule has 1 saturated heterocycles. The molecule has 200 valence electrons. The van der Waals surface area contributed by atoms with E-state index in [1.54, 1.807) is 13.3 Å². The van der Waals surface area contributed by atoms with Crippen molar-refractivity contribution in [3.63, 3.8) is 0 Å². The summed E-state index contributed by atoms with van der Waals surface area (Å²) in [7, 11) is 3.12. The summed E-state index contributed by atoms with van der Waals surface area (Å²) >= 11 is 0. The third-order valence-electron chi connectivity index (χ3n) is 8.02. The van der Waals surface area contributed by atoms with Crippen LogP contribution in [0.3, 0.4) is 0 Å². The molecule has 1 saturated carbocycles. The van der Waals surface area contributed by atoms with Crippen LogP contribution in [0, 0.1) is 0 Å². The zero-order valence-corrected chi connectivity index (χ0v) is 21.3. The first-order valence-electron chi connectivity index (χ1n) is 12.7. The summed E-state index contributed by atoms with van der Waals surface area (Å²) < 4.78 is 38.3. The van der Waals surface area contributed by atoms with Crippen LogP contribution in [0.25, 0.3) is 10.9 Å². The lowest BCUT2D eigenvalue weighted by Gasteiger charge is -2.11. The molecule has 1 aliphatic carbocycles. The number of rotatable bonds is 6. The third-order valence-corrected chi connectivity index (χ3v) is 8.02. The van der Waals surface area contributed by atoms with E-state index in [-0.39, 0.29) is 24.8 Å². The van der Waals surface area contributed by atoms with Crippen molar-refractivity contribution < 1.29 is 28.0 Å². The second kappa shape index (κ2) is 8.26. The molecular weight excluding hydrogens is 508 g/mol. The van der Waals surface area contributed by atoms with E-state index in [4.69, 9.17) is 9.47 Å². The van der Waals surface area contributed by atoms with Crippen LogP contribution in [0.1, 0.15) is 29.9 Å². The van der Waals surface area contributed by atoms with Gasteiger partial charge in [0.15, 0.2) is 5.82 Å². The monoisotopic (exact) mass is 534 g/mol. The first-order chi connectivity index (χ1) is 18.8. The summed E-state index contributed by atoms with van der Waals surface area (Å²) in [6.45, 7) is -0.192. The molecule has 7 rings (SSSR count). The van der Waals surface area contributed by atoms with Gasteiger partial charge in [-0.2, -0.15) is 5.10 Å². The highest BCUT2D eigenvalue weighted by molar-refractivity contribution is 6.10. The van der Waals surface area contributed by atoms with Gasteiger partial charge in [-0.15, -0.1) is 0 Å². The Morgan fingerprint density at radius 1 is 1.15 bits per heavy atom. The van der Waals surface area contributed by atoms with Crippen molar-refractivity contribution in [1.29, 1.82) is 0 Å². The predicted octanol–water partition coefficient (Wildman–Crippen LogP) is 3.76. The van der Waals surface area contributed by atoms with E-state index < -0.39 is 17.9 Å². The van der Waals surface area contributed by atoms with Gasteiger partial charge in [0.1, 0.15) is 18.5 Å². The van der Waals surface area contributed by atoms with E-state index in [1.165, 1.54) is 12.0 Å². The molecule has 2 aliphatic heterocycles. The zero-order chi connectivity index (χ0) is 26.9. The number of benzene rings is 2. The van der Waals surface area contributed by atoms with Crippen molar-refractivity contribution >= 4 is 40.1 Å². The van der Waals surface area contributed by atoms with Gasteiger partial charge in [0.05, 0.1) is 31.7 Å². The van der Waals surface area contributed by atoms with Crippen LogP contribution >= 0.6 is 0 Å². The standard InChI is InChI=1S/C27H25F2N7O3/c1-38-15-4-6-19-17(10-15)27(24(37)31-19)11-18(27)14-3-5-16-20(9-14)34-35-22(16)32-23-21(39-2)12-30-25(33-23)36-8-7-26(28,29)13-36/h3-6,9-10,12,18H,7-8,11,13H2,1-2H3,(H,31,37)(H2,30,32,33,34,35)/p+1/t18-,27-/m0/s1. The lowest BCUT2D eigenvalue weighted by atomic mass is 9.91. The normalized spacial score (nSPS) is 22.7. The van der Waals surface area contributed by atoms with Gasteiger partial charge < -0.3 is 20.1 Å². The predicted molar refractivity (Wildman–Crippen MR) is 139 cm³/mol. The van der Waals surface area contributed by atoms with Crippen LogP contribution in [-0.4, -0.2) is 54.3 Å². The number of ether oxygens (including phenoxy) is 2. The molecule has 39 heavy (non-hydrogen) atoms. The van der Waals surface area contributed by atoms with E-state index >= 15 is 0 Å². The maximum atomic E-state index is 13.8. The highest BCUT2D eigenvalue weighted by Crippen LogP contribution is 2.65. The number of hydrogen-bond donors (Lipinski definition) is 3. The van der Waals surface area contributed by atoms with Crippen molar-refractivity contribution in [3.8, 4) is 11.5 Å². The largest absolute Gasteiger partial charge is 0.497 e. The molecule has 0 radical (unpaired) electrons. The number of aromatic nitrogens is 4. The number of H-pyrrole nitrogens is 2. The van der Waals surface area contributed by atoms with Gasteiger partial charge in [-0.25, -0.2) is 13.8 Å². The second-order valence-electron chi connectivity index (χ2n) is 10.3. The fourth-order valence-electron chi connectivity index (χ4n) is 5.88. The number of amides is 1. The van der Waals surface area contributed by atoms with Gasteiger partial charge in [0.2, 0.25) is 11.7 Å². The minimum atomic E-state index is -2.74. The van der Waals surface area contributed by atoms with E-state index in [0.717, 1.165) is 33.5 Å². The van der Waals surface area contributed by atoms with Crippen molar-refractivity contribution in [1.82, 2.24) is 15.2 Å². The number of carbonyl (C=O) groups is 1. The summed E-state index contributed by atoms with van der Waals surface area (Å²) in [5.41, 5.74) is 3.03. The van der Waals surface area contributed by atoms with Crippen LogP contribution in [0.4, 0.5) is 32.1 Å². The number of anilines is 4. The number of alkyl halides is 2. The Hall–Kier alpha value is -4.48. The molecule has 2 fully saturated rings. The average Bonchev–Trinajstić information content (AvgIpc) is 3.27. The maximum absolute atomic E-state index is 13.8. The van der Waals surface area contributed by atoms with Crippen molar-refractivity contribution in [2.75, 3.05) is 42.8 Å². The van der Waals surface area contributed by atoms with Crippen LogP contribution in [0.5, 0.6) is 11.5 Å². The summed E-state index contributed by atoms with van der Waals surface area (Å²) in [5, 5.41) is 14.5. The number of methoxy groups -OCH3 is 2. The van der Waals surface area contributed by atoms with E-state index in [9.17, 15) is 13.6 Å². The number of halogens is 2. The van der Waals surface area contributed by atoms with Gasteiger partial charge in [0.25, 0.3) is 11.7 Å². The Balaban J connectivity index is 1.17. The summed E-state index contributed by atoms with van der Waals surface area (Å²) in [6.07, 6.45) is 2.08. The lowest BCUT2D eigenvalue weighted by molar-refractivity contribution is -0.369. The molecule has 4 N–H and O–H groups in total. The van der Waals surface area contributed by atoms with E-state index in [2.05, 4.69) is 30.8 Å². The summed E-state index contributed by atoms with van der Waals surface area (Å²) in [6, 6.07) is 11.6. The smallest absolute Gasteiger partial charge is 0.394 e. The quantitative estimate of drug-likeness (QED) is 0.345. The van der Waals surface area contributed by atoms with Crippen molar-refractivity contribution in [2.45, 2.75) is 30.1 Å². The van der Waals surface area contributed by atoms with Gasteiger partial charge >= 0.3 is 5.95 Å². The number of nitrogens with one attached hydrogen (secondary N) is 4. The Bertz CT molecular complexity index is 1640. The molecule has 3 aliphatic rings.